The van der Waals surface area contributed by atoms with Crippen molar-refractivity contribution >= 4 is 45.8 Å². The van der Waals surface area contributed by atoms with E-state index in [9.17, 15) is 9.59 Å². The largest absolute Gasteiger partial charge is 0.455 e. The van der Waals surface area contributed by atoms with Crippen LogP contribution < -0.4 is 10.6 Å². The number of benzene rings is 1. The van der Waals surface area contributed by atoms with Gasteiger partial charge in [0.25, 0.3) is 5.91 Å². The van der Waals surface area contributed by atoms with Gasteiger partial charge in [0, 0.05) is 11.7 Å². The maximum atomic E-state index is 12.4. The van der Waals surface area contributed by atoms with Crippen molar-refractivity contribution in [3.05, 3.63) is 29.8 Å². The van der Waals surface area contributed by atoms with Gasteiger partial charge in [-0.15, -0.1) is 10.2 Å². The summed E-state index contributed by atoms with van der Waals surface area (Å²) in [6.07, 6.45) is 0.810. The lowest BCUT2D eigenvalue weighted by molar-refractivity contribution is -0.145. The second kappa shape index (κ2) is 7.18. The minimum Gasteiger partial charge on any atom is -0.455 e. The summed E-state index contributed by atoms with van der Waals surface area (Å²) in [7, 11) is 0. The summed E-state index contributed by atoms with van der Waals surface area (Å²) in [6, 6.07) is 7.83. The molecule has 7 nitrogen and oxygen atoms in total. The number of hydrogen-bond donors (Lipinski definition) is 1. The van der Waals surface area contributed by atoms with Crippen LogP contribution >= 0.6 is 23.1 Å². The van der Waals surface area contributed by atoms with Crippen LogP contribution in [-0.2, 0) is 20.7 Å². The zero-order chi connectivity index (χ0) is 17.1. The zero-order valence-electron chi connectivity index (χ0n) is 13.0. The number of para-hydroxylation sites is 1. The molecule has 0 saturated heterocycles. The second-order valence-electron chi connectivity index (χ2n) is 5.30. The summed E-state index contributed by atoms with van der Waals surface area (Å²) < 4.78 is 5.68. The number of nitrogens with zero attached hydrogens (tertiary/aromatic N) is 3. The van der Waals surface area contributed by atoms with E-state index < -0.39 is 5.97 Å². The number of rotatable bonds is 5. The molecule has 0 saturated carbocycles. The van der Waals surface area contributed by atoms with E-state index in [1.165, 1.54) is 23.1 Å². The smallest absolute Gasteiger partial charge is 0.316 e. The quantitative estimate of drug-likeness (QED) is 0.637. The molecule has 0 fully saturated rings. The normalized spacial score (nSPS) is 16.0. The Balaban J connectivity index is 1.51. The number of aromatic nitrogens is 2. The third-order valence-corrected chi connectivity index (χ3v) is 5.43. The number of carbonyl (C=O) groups is 2. The van der Waals surface area contributed by atoms with Crippen LogP contribution in [0.3, 0.4) is 0 Å². The molecule has 1 unspecified atom stereocenters. The minimum atomic E-state index is -0.470. The number of anilines is 2. The number of fused-ring (bicyclic) bond motifs is 1. The molecule has 0 radical (unpaired) electrons. The molecule has 0 bridgehead atoms. The fourth-order valence-electron chi connectivity index (χ4n) is 2.60. The predicted molar refractivity (Wildman–Crippen MR) is 93.1 cm³/mol. The molecule has 0 spiro atoms. The van der Waals surface area contributed by atoms with Gasteiger partial charge >= 0.3 is 5.97 Å². The van der Waals surface area contributed by atoms with Crippen molar-refractivity contribution in [3.8, 4) is 0 Å². The number of amides is 1. The van der Waals surface area contributed by atoms with Gasteiger partial charge in [0.1, 0.15) is 0 Å². The van der Waals surface area contributed by atoms with Crippen molar-refractivity contribution in [1.29, 1.82) is 0 Å². The number of ether oxygens (including phenoxy) is 1. The van der Waals surface area contributed by atoms with Crippen LogP contribution in [0.1, 0.15) is 12.5 Å². The first-order valence-electron chi connectivity index (χ1n) is 7.32. The van der Waals surface area contributed by atoms with Gasteiger partial charge in [0.15, 0.2) is 10.9 Å². The first kappa shape index (κ1) is 16.7. The number of nitrogen functional groups attached to an aromatic ring is 1. The molecule has 1 amide bonds. The van der Waals surface area contributed by atoms with E-state index in [1.54, 1.807) is 4.90 Å². The standard InChI is InChI=1S/C15H16N4O3S2/c1-9-6-10-4-2-3-5-11(10)19(9)12(20)7-22-13(21)8-23-15-18-17-14(16)24-15/h2-5,9H,6-8H2,1H3,(H2,16,17). The van der Waals surface area contributed by atoms with Gasteiger partial charge in [0.05, 0.1) is 5.75 Å². The highest BCUT2D eigenvalue weighted by Gasteiger charge is 2.30. The van der Waals surface area contributed by atoms with Gasteiger partial charge in [-0.25, -0.2) is 0 Å². The molecular weight excluding hydrogens is 348 g/mol. The van der Waals surface area contributed by atoms with Crippen molar-refractivity contribution in [2.45, 2.75) is 23.7 Å². The molecule has 0 aliphatic carbocycles. The van der Waals surface area contributed by atoms with Crippen LogP contribution in [0.5, 0.6) is 0 Å². The summed E-state index contributed by atoms with van der Waals surface area (Å²) in [4.78, 5) is 25.9. The van der Waals surface area contributed by atoms with Crippen LogP contribution in [0.4, 0.5) is 10.8 Å². The number of carbonyl (C=O) groups excluding carboxylic acids is 2. The van der Waals surface area contributed by atoms with Crippen molar-refractivity contribution < 1.29 is 14.3 Å². The summed E-state index contributed by atoms with van der Waals surface area (Å²) in [5.74, 6) is -0.623. The minimum absolute atomic E-state index is 0.0624. The van der Waals surface area contributed by atoms with E-state index in [0.717, 1.165) is 17.7 Å². The molecule has 1 aromatic carbocycles. The molecule has 2 aromatic rings. The molecular formula is C15H16N4O3S2. The lowest BCUT2D eigenvalue weighted by Gasteiger charge is -2.22. The molecule has 126 valence electrons. The van der Waals surface area contributed by atoms with Gasteiger partial charge < -0.3 is 15.4 Å². The maximum absolute atomic E-state index is 12.4. The Kier molecular flexibility index (Phi) is 5.00. The molecule has 24 heavy (non-hydrogen) atoms. The molecule has 3 rings (SSSR count). The van der Waals surface area contributed by atoms with Crippen LogP contribution in [0.15, 0.2) is 28.6 Å². The van der Waals surface area contributed by atoms with Crippen LogP contribution in [0, 0.1) is 0 Å². The van der Waals surface area contributed by atoms with Crippen LogP contribution in [-0.4, -0.2) is 40.5 Å². The highest BCUT2D eigenvalue weighted by molar-refractivity contribution is 8.01. The Morgan fingerprint density at radius 3 is 2.96 bits per heavy atom. The van der Waals surface area contributed by atoms with E-state index >= 15 is 0 Å². The van der Waals surface area contributed by atoms with Gasteiger partial charge in [0.2, 0.25) is 5.13 Å². The molecule has 1 atom stereocenters. The molecule has 2 heterocycles. The van der Waals surface area contributed by atoms with Gasteiger partial charge in [-0.1, -0.05) is 41.3 Å². The number of nitrogens with two attached hydrogens (primary N) is 1. The lowest BCUT2D eigenvalue weighted by atomic mass is 10.1. The SMILES string of the molecule is CC1Cc2ccccc2N1C(=O)COC(=O)CSc1nnc(N)s1. The molecule has 1 aromatic heterocycles. The number of hydrogen-bond acceptors (Lipinski definition) is 8. The van der Waals surface area contributed by atoms with Crippen molar-refractivity contribution in [3.63, 3.8) is 0 Å². The fraction of sp³-hybridized carbons (Fsp3) is 0.333. The van der Waals surface area contributed by atoms with Crippen molar-refractivity contribution in [1.82, 2.24) is 10.2 Å². The Morgan fingerprint density at radius 1 is 1.42 bits per heavy atom. The maximum Gasteiger partial charge on any atom is 0.316 e. The third-order valence-electron chi connectivity index (χ3n) is 3.57. The Bertz CT molecular complexity index is 765. The Labute approximate surface area is 147 Å². The van der Waals surface area contributed by atoms with E-state index in [2.05, 4.69) is 10.2 Å². The number of thioether (sulfide) groups is 1. The van der Waals surface area contributed by atoms with Crippen LogP contribution in [0.25, 0.3) is 0 Å². The predicted octanol–water partition coefficient (Wildman–Crippen LogP) is 1.73. The topological polar surface area (TPSA) is 98.4 Å². The average Bonchev–Trinajstić information content (AvgIpc) is 3.12. The zero-order valence-corrected chi connectivity index (χ0v) is 14.6. The monoisotopic (exact) mass is 364 g/mol. The number of esters is 1. The van der Waals surface area contributed by atoms with E-state index in [4.69, 9.17) is 10.5 Å². The van der Waals surface area contributed by atoms with Crippen LogP contribution in [0.2, 0.25) is 0 Å². The summed E-state index contributed by atoms with van der Waals surface area (Å²) >= 11 is 2.39. The summed E-state index contributed by atoms with van der Waals surface area (Å²) in [6.45, 7) is 1.71. The van der Waals surface area contributed by atoms with Crippen molar-refractivity contribution in [2.75, 3.05) is 23.0 Å². The van der Waals surface area contributed by atoms with E-state index in [-0.39, 0.29) is 24.3 Å². The fourth-order valence-corrected chi connectivity index (χ4v) is 4.03. The summed E-state index contributed by atoms with van der Waals surface area (Å²) in [5.41, 5.74) is 7.50. The van der Waals surface area contributed by atoms with E-state index in [0.29, 0.717) is 9.47 Å². The molecule has 1 aliphatic heterocycles. The Hall–Kier alpha value is -2.13. The average molecular weight is 364 g/mol. The van der Waals surface area contributed by atoms with Gasteiger partial charge in [-0.2, -0.15) is 0 Å². The first-order valence-corrected chi connectivity index (χ1v) is 9.12. The van der Waals surface area contributed by atoms with Gasteiger partial charge in [-0.05, 0) is 25.0 Å². The first-order chi connectivity index (χ1) is 11.5. The molecule has 2 N–H and O–H groups in total. The second-order valence-corrected chi connectivity index (χ2v) is 7.53. The lowest BCUT2D eigenvalue weighted by Crippen LogP contribution is -2.38. The highest BCUT2D eigenvalue weighted by atomic mass is 32.2. The van der Waals surface area contributed by atoms with Gasteiger partial charge in [-0.3, -0.25) is 9.59 Å². The van der Waals surface area contributed by atoms with Crippen molar-refractivity contribution in [2.24, 2.45) is 0 Å². The molecule has 9 heteroatoms. The molecule has 1 aliphatic rings. The summed E-state index contributed by atoms with van der Waals surface area (Å²) in [5, 5.41) is 7.82. The van der Waals surface area contributed by atoms with E-state index in [1.807, 2.05) is 31.2 Å². The Morgan fingerprint density at radius 2 is 2.21 bits per heavy atom. The third kappa shape index (κ3) is 3.68. The highest BCUT2D eigenvalue weighted by Crippen LogP contribution is 2.31.